The van der Waals surface area contributed by atoms with Gasteiger partial charge >= 0.3 is 6.03 Å². The lowest BCUT2D eigenvalue weighted by atomic mass is 9.89. The summed E-state index contributed by atoms with van der Waals surface area (Å²) < 4.78 is 13.3. The van der Waals surface area contributed by atoms with E-state index in [0.717, 1.165) is 48.0 Å². The van der Waals surface area contributed by atoms with E-state index in [9.17, 15) is 9.18 Å². The van der Waals surface area contributed by atoms with Gasteiger partial charge in [0.2, 0.25) is 0 Å². The van der Waals surface area contributed by atoms with Crippen molar-refractivity contribution >= 4 is 28.0 Å². The summed E-state index contributed by atoms with van der Waals surface area (Å²) in [5.74, 6) is 0.190. The molecule has 2 amide bonds. The largest absolute Gasteiger partial charge is 0.361 e. The van der Waals surface area contributed by atoms with E-state index < -0.39 is 0 Å². The molecular formula is C23H24FN5O. The summed E-state index contributed by atoms with van der Waals surface area (Å²) in [5, 5.41) is 5.21. The van der Waals surface area contributed by atoms with E-state index in [-0.39, 0.29) is 11.8 Å². The first kappa shape index (κ1) is 18.7. The smallest absolute Gasteiger partial charge is 0.317 e. The van der Waals surface area contributed by atoms with Crippen LogP contribution in [0.1, 0.15) is 29.9 Å². The summed E-state index contributed by atoms with van der Waals surface area (Å²) in [7, 11) is 0. The second kappa shape index (κ2) is 7.82. The molecular weight excluding hydrogens is 381 g/mol. The number of urea groups is 1. The molecule has 30 heavy (non-hydrogen) atoms. The van der Waals surface area contributed by atoms with Crippen LogP contribution in [-0.2, 0) is 6.42 Å². The molecule has 4 aromatic rings. The fraction of sp³-hybridized carbons (Fsp3) is 0.304. The van der Waals surface area contributed by atoms with Crippen LogP contribution in [0.25, 0.3) is 21.9 Å². The van der Waals surface area contributed by atoms with Crippen molar-refractivity contribution in [3.8, 4) is 0 Å². The van der Waals surface area contributed by atoms with Crippen LogP contribution in [0.5, 0.6) is 0 Å². The van der Waals surface area contributed by atoms with Gasteiger partial charge in [-0.3, -0.25) is 0 Å². The number of nitrogens with one attached hydrogen (secondary N) is 3. The predicted octanol–water partition coefficient (Wildman–Crippen LogP) is 4.32. The number of amides is 2. The Morgan fingerprint density at radius 3 is 2.90 bits per heavy atom. The Balaban J connectivity index is 1.14. The van der Waals surface area contributed by atoms with Crippen molar-refractivity contribution in [1.29, 1.82) is 0 Å². The van der Waals surface area contributed by atoms with E-state index in [1.165, 1.54) is 23.1 Å². The Kier molecular flexibility index (Phi) is 4.86. The number of likely N-dealkylation sites (tertiary alicyclic amines) is 1. The highest BCUT2D eigenvalue weighted by molar-refractivity contribution is 5.83. The van der Waals surface area contributed by atoms with E-state index >= 15 is 0 Å². The Morgan fingerprint density at radius 1 is 1.17 bits per heavy atom. The summed E-state index contributed by atoms with van der Waals surface area (Å²) >= 11 is 0. The minimum absolute atomic E-state index is 0.0140. The van der Waals surface area contributed by atoms with Crippen molar-refractivity contribution in [3.05, 3.63) is 65.9 Å². The van der Waals surface area contributed by atoms with Crippen molar-refractivity contribution < 1.29 is 9.18 Å². The number of hydrogen-bond donors (Lipinski definition) is 3. The van der Waals surface area contributed by atoms with Crippen LogP contribution in [0.2, 0.25) is 0 Å². The van der Waals surface area contributed by atoms with Crippen molar-refractivity contribution in [2.45, 2.75) is 25.2 Å². The molecule has 1 fully saturated rings. The van der Waals surface area contributed by atoms with Crippen molar-refractivity contribution in [3.63, 3.8) is 0 Å². The summed E-state index contributed by atoms with van der Waals surface area (Å²) in [6.45, 7) is 2.04. The van der Waals surface area contributed by atoms with Crippen LogP contribution >= 0.6 is 0 Å². The Labute approximate surface area is 173 Å². The Morgan fingerprint density at radius 2 is 2.03 bits per heavy atom. The Bertz CT molecular complexity index is 1190. The number of benzene rings is 1. The molecule has 3 aromatic heterocycles. The normalized spacial score (nSPS) is 15.2. The molecule has 154 valence electrons. The molecule has 4 heterocycles. The molecule has 0 saturated carbocycles. The van der Waals surface area contributed by atoms with E-state index in [1.54, 1.807) is 12.3 Å². The molecule has 1 aromatic carbocycles. The molecule has 0 unspecified atom stereocenters. The third-order valence-corrected chi connectivity index (χ3v) is 6.11. The number of fused-ring (bicyclic) bond motifs is 2. The second-order valence-corrected chi connectivity index (χ2v) is 7.89. The maximum Gasteiger partial charge on any atom is 0.317 e. The first-order valence-corrected chi connectivity index (χ1v) is 10.4. The summed E-state index contributed by atoms with van der Waals surface area (Å²) in [5.41, 5.74) is 4.09. The summed E-state index contributed by atoms with van der Waals surface area (Å²) in [4.78, 5) is 25.2. The van der Waals surface area contributed by atoms with Crippen LogP contribution in [-0.4, -0.2) is 45.5 Å². The summed E-state index contributed by atoms with van der Waals surface area (Å²) in [6.07, 6.45) is 8.34. The standard InChI is InChI=1S/C23H24FN5O/c24-17-3-4-18-16(13-27-21(18)12-17)5-9-26-23(30)29-10-6-15(7-11-29)20-14-28-22-19(20)2-1-8-25-22/h1-4,8,12-15,27H,5-7,9-11H2,(H,25,28)(H,26,30). The number of piperidine rings is 1. The number of rotatable bonds is 4. The van der Waals surface area contributed by atoms with Crippen LogP contribution in [0.3, 0.4) is 0 Å². The van der Waals surface area contributed by atoms with Gasteiger partial charge in [-0.1, -0.05) is 0 Å². The zero-order valence-electron chi connectivity index (χ0n) is 16.6. The number of aromatic amines is 2. The summed E-state index contributed by atoms with van der Waals surface area (Å²) in [6, 6.07) is 8.79. The minimum Gasteiger partial charge on any atom is -0.361 e. The number of nitrogens with zero attached hydrogens (tertiary/aromatic N) is 2. The molecule has 1 aliphatic heterocycles. The first-order valence-electron chi connectivity index (χ1n) is 10.4. The fourth-order valence-corrected chi connectivity index (χ4v) is 4.49. The SMILES string of the molecule is O=C(NCCc1c[nH]c2cc(F)ccc12)N1CCC(c2c[nH]c3ncccc23)CC1. The van der Waals surface area contributed by atoms with Crippen LogP contribution in [0, 0.1) is 5.82 Å². The zero-order valence-corrected chi connectivity index (χ0v) is 16.6. The molecule has 0 bridgehead atoms. The quantitative estimate of drug-likeness (QED) is 0.473. The second-order valence-electron chi connectivity index (χ2n) is 7.89. The molecule has 0 atom stereocenters. The van der Waals surface area contributed by atoms with Crippen LogP contribution in [0.4, 0.5) is 9.18 Å². The number of halogens is 1. The van der Waals surface area contributed by atoms with E-state index in [0.29, 0.717) is 18.9 Å². The number of hydrogen-bond acceptors (Lipinski definition) is 2. The Hall–Kier alpha value is -3.35. The van der Waals surface area contributed by atoms with Crippen LogP contribution in [0.15, 0.2) is 48.9 Å². The highest BCUT2D eigenvalue weighted by Gasteiger charge is 2.25. The number of H-pyrrole nitrogens is 2. The molecule has 3 N–H and O–H groups in total. The van der Waals surface area contributed by atoms with E-state index in [4.69, 9.17) is 0 Å². The number of carbonyl (C=O) groups excluding carboxylic acids is 1. The van der Waals surface area contributed by atoms with Crippen LogP contribution < -0.4 is 5.32 Å². The van der Waals surface area contributed by atoms with Gasteiger partial charge in [-0.15, -0.1) is 0 Å². The molecule has 0 spiro atoms. The lowest BCUT2D eigenvalue weighted by molar-refractivity contribution is 0.181. The van der Waals surface area contributed by atoms with Gasteiger partial charge in [-0.2, -0.15) is 0 Å². The van der Waals surface area contributed by atoms with Gasteiger partial charge in [0.25, 0.3) is 0 Å². The maximum atomic E-state index is 13.3. The zero-order chi connectivity index (χ0) is 20.5. The molecule has 0 aliphatic carbocycles. The van der Waals surface area contributed by atoms with Crippen molar-refractivity contribution in [1.82, 2.24) is 25.2 Å². The van der Waals surface area contributed by atoms with Gasteiger partial charge in [-0.05, 0) is 66.6 Å². The van der Waals surface area contributed by atoms with Crippen molar-refractivity contribution in [2.75, 3.05) is 19.6 Å². The fourth-order valence-electron chi connectivity index (χ4n) is 4.49. The number of pyridine rings is 1. The predicted molar refractivity (Wildman–Crippen MR) is 115 cm³/mol. The van der Waals surface area contributed by atoms with Gasteiger partial charge < -0.3 is 20.2 Å². The molecule has 6 nitrogen and oxygen atoms in total. The maximum absolute atomic E-state index is 13.3. The average Bonchev–Trinajstić information content (AvgIpc) is 3.38. The van der Waals surface area contributed by atoms with E-state index in [1.807, 2.05) is 17.2 Å². The molecule has 1 aliphatic rings. The number of aromatic nitrogens is 3. The third kappa shape index (κ3) is 3.51. The lowest BCUT2D eigenvalue weighted by Crippen LogP contribution is -2.44. The molecule has 7 heteroatoms. The van der Waals surface area contributed by atoms with Gasteiger partial charge in [0, 0.05) is 54.5 Å². The van der Waals surface area contributed by atoms with Gasteiger partial charge in [0.15, 0.2) is 0 Å². The monoisotopic (exact) mass is 405 g/mol. The highest BCUT2D eigenvalue weighted by atomic mass is 19.1. The molecule has 0 radical (unpaired) electrons. The molecule has 1 saturated heterocycles. The topological polar surface area (TPSA) is 76.8 Å². The third-order valence-electron chi connectivity index (χ3n) is 6.11. The van der Waals surface area contributed by atoms with Gasteiger partial charge in [-0.25, -0.2) is 14.2 Å². The van der Waals surface area contributed by atoms with Gasteiger partial charge in [0.05, 0.1) is 0 Å². The average molecular weight is 405 g/mol. The lowest BCUT2D eigenvalue weighted by Gasteiger charge is -2.32. The minimum atomic E-state index is -0.253. The van der Waals surface area contributed by atoms with Crippen molar-refractivity contribution in [2.24, 2.45) is 0 Å². The molecule has 5 rings (SSSR count). The van der Waals surface area contributed by atoms with Gasteiger partial charge in [0.1, 0.15) is 11.5 Å². The highest BCUT2D eigenvalue weighted by Crippen LogP contribution is 2.32. The first-order chi connectivity index (χ1) is 14.7. The number of carbonyl (C=O) groups is 1. The van der Waals surface area contributed by atoms with E-state index in [2.05, 4.69) is 32.5 Å².